The molecule has 0 radical (unpaired) electrons. The summed E-state index contributed by atoms with van der Waals surface area (Å²) in [6.45, 7) is 3.97. The van der Waals surface area contributed by atoms with E-state index in [0.29, 0.717) is 5.82 Å². The van der Waals surface area contributed by atoms with Crippen molar-refractivity contribution in [2.24, 2.45) is 0 Å². The number of carbonyl (C=O) groups excluding carboxylic acids is 2. The van der Waals surface area contributed by atoms with Crippen molar-refractivity contribution in [1.82, 2.24) is 20.5 Å². The van der Waals surface area contributed by atoms with Crippen molar-refractivity contribution in [3.63, 3.8) is 0 Å². The van der Waals surface area contributed by atoms with E-state index in [1.54, 1.807) is 6.20 Å². The highest BCUT2D eigenvalue weighted by Crippen LogP contribution is 2.37. The molecule has 2 saturated carbocycles. The second-order valence-electron chi connectivity index (χ2n) is 8.42. The molecule has 0 aliphatic heterocycles. The third kappa shape index (κ3) is 4.93. The Balaban J connectivity index is 1.27. The van der Waals surface area contributed by atoms with Crippen LogP contribution in [0.2, 0.25) is 0 Å². The first-order valence-corrected chi connectivity index (χ1v) is 10.1. The normalized spacial score (nSPS) is 22.1. The maximum atomic E-state index is 12.3. The van der Waals surface area contributed by atoms with E-state index in [0.717, 1.165) is 49.1 Å². The molecule has 0 saturated heterocycles. The van der Waals surface area contributed by atoms with Crippen LogP contribution in [-0.2, 0) is 16.0 Å². The van der Waals surface area contributed by atoms with Gasteiger partial charge in [0.15, 0.2) is 5.82 Å². The summed E-state index contributed by atoms with van der Waals surface area (Å²) in [6, 6.07) is 5.65. The van der Waals surface area contributed by atoms with Gasteiger partial charge in [0, 0.05) is 29.4 Å². The number of carbonyl (C=O) groups is 2. The van der Waals surface area contributed by atoms with Crippen molar-refractivity contribution in [1.29, 1.82) is 0 Å². The van der Waals surface area contributed by atoms with Crippen LogP contribution >= 0.6 is 0 Å². The van der Waals surface area contributed by atoms with Crippen LogP contribution in [0.15, 0.2) is 24.4 Å². The smallest absolute Gasteiger partial charge is 0.407 e. The lowest BCUT2D eigenvalue weighted by Crippen LogP contribution is -2.36. The van der Waals surface area contributed by atoms with Crippen LogP contribution in [0.1, 0.15) is 61.9 Å². The van der Waals surface area contributed by atoms with Gasteiger partial charge in [0.1, 0.15) is 6.10 Å². The molecule has 8 heteroatoms. The van der Waals surface area contributed by atoms with E-state index in [4.69, 9.17) is 4.74 Å². The number of amides is 2. The molecule has 29 heavy (non-hydrogen) atoms. The number of nitrogens with zero attached hydrogens (tertiary/aromatic N) is 2. The average molecular weight is 397 g/mol. The lowest BCUT2D eigenvalue weighted by Gasteiger charge is -2.16. The number of hydrogen-bond donors (Lipinski definition) is 3. The SMILES string of the molecule is Cc1cccnc1CC(=O)Nc1cc([C@H]2CC[C@@H](OC(=O)NC3(C)CC3)C2)[nH]n1. The lowest BCUT2D eigenvalue weighted by molar-refractivity contribution is -0.115. The molecule has 0 aromatic carbocycles. The van der Waals surface area contributed by atoms with Gasteiger partial charge in [0.05, 0.1) is 12.1 Å². The van der Waals surface area contributed by atoms with Gasteiger partial charge in [0.25, 0.3) is 0 Å². The van der Waals surface area contributed by atoms with E-state index in [2.05, 4.69) is 25.8 Å². The number of ether oxygens (including phenoxy) is 1. The molecule has 2 amide bonds. The molecule has 3 N–H and O–H groups in total. The Morgan fingerprint density at radius 1 is 1.34 bits per heavy atom. The quantitative estimate of drug-likeness (QED) is 0.693. The highest BCUT2D eigenvalue weighted by Gasteiger charge is 2.40. The molecular formula is C21H27N5O3. The Hall–Kier alpha value is -2.90. The molecule has 2 heterocycles. The van der Waals surface area contributed by atoms with Crippen LogP contribution in [0.5, 0.6) is 0 Å². The van der Waals surface area contributed by atoms with Crippen molar-refractivity contribution < 1.29 is 14.3 Å². The highest BCUT2D eigenvalue weighted by atomic mass is 16.6. The van der Waals surface area contributed by atoms with Crippen LogP contribution in [0, 0.1) is 6.92 Å². The van der Waals surface area contributed by atoms with Crippen molar-refractivity contribution >= 4 is 17.8 Å². The highest BCUT2D eigenvalue weighted by molar-refractivity contribution is 5.91. The summed E-state index contributed by atoms with van der Waals surface area (Å²) in [5.74, 6) is 0.588. The van der Waals surface area contributed by atoms with E-state index < -0.39 is 0 Å². The number of aromatic amines is 1. The van der Waals surface area contributed by atoms with Crippen LogP contribution in [0.25, 0.3) is 0 Å². The third-order valence-electron chi connectivity index (χ3n) is 5.81. The number of nitrogens with one attached hydrogen (secondary N) is 3. The van der Waals surface area contributed by atoms with E-state index in [1.165, 1.54) is 0 Å². The minimum absolute atomic E-state index is 0.0701. The summed E-state index contributed by atoms with van der Waals surface area (Å²) in [5.41, 5.74) is 2.63. The fraction of sp³-hybridized carbons (Fsp3) is 0.524. The third-order valence-corrected chi connectivity index (χ3v) is 5.81. The first-order chi connectivity index (χ1) is 13.9. The number of alkyl carbamates (subject to hydrolysis) is 1. The minimum Gasteiger partial charge on any atom is -0.446 e. The number of pyridine rings is 1. The Bertz CT molecular complexity index is 905. The van der Waals surface area contributed by atoms with Gasteiger partial charge in [-0.05, 0) is 57.6 Å². The molecule has 154 valence electrons. The fourth-order valence-electron chi connectivity index (χ4n) is 3.72. The molecule has 8 nitrogen and oxygen atoms in total. The molecule has 2 fully saturated rings. The van der Waals surface area contributed by atoms with Gasteiger partial charge in [-0.15, -0.1) is 0 Å². The maximum Gasteiger partial charge on any atom is 0.407 e. The van der Waals surface area contributed by atoms with Crippen molar-refractivity contribution in [2.45, 2.75) is 69.9 Å². The fourth-order valence-corrected chi connectivity index (χ4v) is 3.72. The molecule has 2 aromatic rings. The average Bonchev–Trinajstić information content (AvgIpc) is 3.06. The van der Waals surface area contributed by atoms with E-state index in [1.807, 2.05) is 32.0 Å². The van der Waals surface area contributed by atoms with Crippen LogP contribution < -0.4 is 10.6 Å². The number of rotatable bonds is 6. The molecule has 4 rings (SSSR count). The first-order valence-electron chi connectivity index (χ1n) is 10.1. The van der Waals surface area contributed by atoms with Crippen molar-refractivity contribution in [2.75, 3.05) is 5.32 Å². The molecule has 0 bridgehead atoms. The van der Waals surface area contributed by atoms with Gasteiger partial charge in [-0.3, -0.25) is 14.9 Å². The van der Waals surface area contributed by atoms with E-state index >= 15 is 0 Å². The largest absolute Gasteiger partial charge is 0.446 e. The number of anilines is 1. The molecule has 2 atom stereocenters. The van der Waals surface area contributed by atoms with Crippen LogP contribution in [-0.4, -0.2) is 38.8 Å². The summed E-state index contributed by atoms with van der Waals surface area (Å²) in [7, 11) is 0. The second kappa shape index (κ2) is 7.85. The summed E-state index contributed by atoms with van der Waals surface area (Å²) in [5, 5.41) is 13.0. The lowest BCUT2D eigenvalue weighted by atomic mass is 10.0. The monoisotopic (exact) mass is 397 g/mol. The van der Waals surface area contributed by atoms with Gasteiger partial charge < -0.3 is 15.4 Å². The summed E-state index contributed by atoms with van der Waals surface area (Å²) in [4.78, 5) is 28.5. The van der Waals surface area contributed by atoms with Crippen LogP contribution in [0.4, 0.5) is 10.6 Å². The van der Waals surface area contributed by atoms with Gasteiger partial charge in [0.2, 0.25) is 5.91 Å². The van der Waals surface area contributed by atoms with E-state index in [9.17, 15) is 9.59 Å². The van der Waals surface area contributed by atoms with Gasteiger partial charge >= 0.3 is 6.09 Å². The van der Waals surface area contributed by atoms with E-state index in [-0.39, 0.29) is 36.0 Å². The van der Waals surface area contributed by atoms with Gasteiger partial charge in [-0.2, -0.15) is 5.10 Å². The molecule has 2 aromatic heterocycles. The zero-order valence-corrected chi connectivity index (χ0v) is 16.8. The number of aryl methyl sites for hydroxylation is 1. The maximum absolute atomic E-state index is 12.3. The number of H-pyrrole nitrogens is 1. The van der Waals surface area contributed by atoms with Crippen molar-refractivity contribution in [3.8, 4) is 0 Å². The molecular weight excluding hydrogens is 370 g/mol. The number of hydrogen-bond acceptors (Lipinski definition) is 5. The Morgan fingerprint density at radius 2 is 2.17 bits per heavy atom. The zero-order chi connectivity index (χ0) is 20.4. The predicted molar refractivity (Wildman–Crippen MR) is 108 cm³/mol. The molecule has 2 aliphatic carbocycles. The summed E-state index contributed by atoms with van der Waals surface area (Å²) >= 11 is 0. The standard InChI is InChI=1S/C21H27N5O3/c1-13-4-3-9-22-16(13)12-19(27)23-18-11-17(25-26-18)14-5-6-15(10-14)29-20(28)24-21(2)7-8-21/h3-4,9,11,14-15H,5-8,10,12H2,1-2H3,(H,24,28)(H2,23,25,26,27)/t14-,15+/m0/s1. The predicted octanol–water partition coefficient (Wildman–Crippen LogP) is 3.21. The molecule has 2 aliphatic rings. The van der Waals surface area contributed by atoms with Crippen LogP contribution in [0.3, 0.4) is 0 Å². The second-order valence-corrected chi connectivity index (χ2v) is 8.42. The Kier molecular flexibility index (Phi) is 5.25. The molecule has 0 unspecified atom stereocenters. The van der Waals surface area contributed by atoms with Gasteiger partial charge in [-0.25, -0.2) is 4.79 Å². The summed E-state index contributed by atoms with van der Waals surface area (Å²) in [6.07, 6.45) is 6.01. The first kappa shape index (κ1) is 19.4. The van der Waals surface area contributed by atoms with Crippen molar-refractivity contribution in [3.05, 3.63) is 41.3 Å². The topological polar surface area (TPSA) is 109 Å². The zero-order valence-electron chi connectivity index (χ0n) is 16.8. The molecule has 0 spiro atoms. The number of aromatic nitrogens is 3. The Labute approximate surface area is 169 Å². The minimum atomic E-state index is -0.321. The van der Waals surface area contributed by atoms with Gasteiger partial charge in [-0.1, -0.05) is 6.07 Å². The summed E-state index contributed by atoms with van der Waals surface area (Å²) < 4.78 is 5.57. The Morgan fingerprint density at radius 3 is 2.93 bits per heavy atom.